The van der Waals surface area contributed by atoms with Crippen LogP contribution in [0.4, 0.5) is 4.79 Å². The first-order valence-corrected chi connectivity index (χ1v) is 7.40. The third-order valence-electron chi connectivity index (χ3n) is 3.62. The van der Waals surface area contributed by atoms with Crippen molar-refractivity contribution in [1.82, 2.24) is 10.2 Å². The lowest BCUT2D eigenvalue weighted by atomic mass is 10.1. The highest BCUT2D eigenvalue weighted by molar-refractivity contribution is 5.76. The van der Waals surface area contributed by atoms with Gasteiger partial charge in [-0.25, -0.2) is 4.79 Å². The minimum atomic E-state index is -0.316. The minimum absolute atomic E-state index is 0.0199. The van der Waals surface area contributed by atoms with Gasteiger partial charge in [-0.1, -0.05) is 12.1 Å². The van der Waals surface area contributed by atoms with Crippen molar-refractivity contribution in [3.63, 3.8) is 0 Å². The summed E-state index contributed by atoms with van der Waals surface area (Å²) in [6, 6.07) is 7.78. The second-order valence-electron chi connectivity index (χ2n) is 5.38. The summed E-state index contributed by atoms with van der Waals surface area (Å²) >= 11 is 0. The normalized spacial score (nSPS) is 17.3. The molecule has 1 atom stereocenters. The fourth-order valence-electron chi connectivity index (χ4n) is 2.35. The molecule has 1 heterocycles. The number of carbonyl (C=O) groups is 2. The summed E-state index contributed by atoms with van der Waals surface area (Å²) in [6.45, 7) is 1.13. The van der Waals surface area contributed by atoms with E-state index >= 15 is 0 Å². The summed E-state index contributed by atoms with van der Waals surface area (Å²) in [7, 11) is 3.32. The SMILES string of the molecule is COc1cccc(CCNC(=O)CCC2CN(C)C(=O)O2)c1. The number of hydrogen-bond acceptors (Lipinski definition) is 4. The molecule has 1 saturated heterocycles. The number of cyclic esters (lactones) is 1. The van der Waals surface area contributed by atoms with Crippen molar-refractivity contribution in [2.75, 3.05) is 27.2 Å². The topological polar surface area (TPSA) is 67.9 Å². The van der Waals surface area contributed by atoms with Gasteiger partial charge in [-0.05, 0) is 30.5 Å². The highest BCUT2D eigenvalue weighted by Gasteiger charge is 2.28. The van der Waals surface area contributed by atoms with Crippen molar-refractivity contribution in [2.24, 2.45) is 0 Å². The summed E-state index contributed by atoms with van der Waals surface area (Å²) in [4.78, 5) is 24.5. The minimum Gasteiger partial charge on any atom is -0.497 e. The van der Waals surface area contributed by atoms with Crippen molar-refractivity contribution in [2.45, 2.75) is 25.4 Å². The number of benzene rings is 1. The average Bonchev–Trinajstić information content (AvgIpc) is 2.84. The monoisotopic (exact) mass is 306 g/mol. The Morgan fingerprint density at radius 1 is 1.50 bits per heavy atom. The summed E-state index contributed by atoms with van der Waals surface area (Å²) < 4.78 is 10.3. The zero-order chi connectivity index (χ0) is 15.9. The smallest absolute Gasteiger partial charge is 0.409 e. The van der Waals surface area contributed by atoms with Gasteiger partial charge in [-0.2, -0.15) is 0 Å². The number of methoxy groups -OCH3 is 1. The predicted molar refractivity (Wildman–Crippen MR) is 81.8 cm³/mol. The lowest BCUT2D eigenvalue weighted by Gasteiger charge is -2.09. The van der Waals surface area contributed by atoms with Gasteiger partial charge in [0, 0.05) is 20.0 Å². The molecule has 0 saturated carbocycles. The predicted octanol–water partition coefficient (Wildman–Crippen LogP) is 1.58. The molecule has 2 amide bonds. The van der Waals surface area contributed by atoms with Gasteiger partial charge in [-0.15, -0.1) is 0 Å². The van der Waals surface area contributed by atoms with Gasteiger partial charge in [0.25, 0.3) is 0 Å². The van der Waals surface area contributed by atoms with E-state index < -0.39 is 0 Å². The van der Waals surface area contributed by atoms with Gasteiger partial charge >= 0.3 is 6.09 Å². The van der Waals surface area contributed by atoms with Crippen LogP contribution in [0, 0.1) is 0 Å². The molecule has 6 heteroatoms. The molecule has 0 aliphatic carbocycles. The average molecular weight is 306 g/mol. The van der Waals surface area contributed by atoms with Crippen LogP contribution < -0.4 is 10.1 Å². The molecule has 1 aromatic carbocycles. The third kappa shape index (κ3) is 4.65. The van der Waals surface area contributed by atoms with Crippen LogP contribution in [0.5, 0.6) is 5.75 Å². The Labute approximate surface area is 130 Å². The second-order valence-corrected chi connectivity index (χ2v) is 5.38. The van der Waals surface area contributed by atoms with Crippen LogP contribution >= 0.6 is 0 Å². The van der Waals surface area contributed by atoms with Crippen molar-refractivity contribution < 1.29 is 19.1 Å². The number of likely N-dealkylation sites (N-methyl/N-ethyl adjacent to an activating group) is 1. The summed E-state index contributed by atoms with van der Waals surface area (Å²) in [5, 5.41) is 2.88. The number of amides is 2. The highest BCUT2D eigenvalue weighted by atomic mass is 16.6. The molecule has 1 fully saturated rings. The van der Waals surface area contributed by atoms with E-state index in [1.165, 1.54) is 4.90 Å². The lowest BCUT2D eigenvalue weighted by molar-refractivity contribution is -0.121. The van der Waals surface area contributed by atoms with E-state index in [2.05, 4.69) is 5.32 Å². The number of rotatable bonds is 7. The number of carbonyl (C=O) groups excluding carboxylic acids is 2. The van der Waals surface area contributed by atoms with E-state index in [-0.39, 0.29) is 18.1 Å². The van der Waals surface area contributed by atoms with Crippen molar-refractivity contribution in [1.29, 1.82) is 0 Å². The maximum Gasteiger partial charge on any atom is 0.409 e. The quantitative estimate of drug-likeness (QED) is 0.830. The van der Waals surface area contributed by atoms with Crippen LogP contribution in [0.25, 0.3) is 0 Å². The Morgan fingerprint density at radius 2 is 2.32 bits per heavy atom. The van der Waals surface area contributed by atoms with Crippen LogP contribution in [0.1, 0.15) is 18.4 Å². The van der Waals surface area contributed by atoms with Crippen LogP contribution in [-0.4, -0.2) is 50.3 Å². The summed E-state index contributed by atoms with van der Waals surface area (Å²) in [6.07, 6.45) is 1.18. The summed E-state index contributed by atoms with van der Waals surface area (Å²) in [5.74, 6) is 0.796. The number of nitrogens with one attached hydrogen (secondary N) is 1. The van der Waals surface area contributed by atoms with Crippen molar-refractivity contribution >= 4 is 12.0 Å². The van der Waals surface area contributed by atoms with Gasteiger partial charge in [0.1, 0.15) is 11.9 Å². The van der Waals surface area contributed by atoms with Gasteiger partial charge < -0.3 is 19.7 Å². The van der Waals surface area contributed by atoms with Crippen LogP contribution in [0.2, 0.25) is 0 Å². The van der Waals surface area contributed by atoms with E-state index in [0.29, 0.717) is 25.9 Å². The molecular formula is C16H22N2O4. The first-order chi connectivity index (χ1) is 10.6. The van der Waals surface area contributed by atoms with E-state index in [4.69, 9.17) is 9.47 Å². The summed E-state index contributed by atoms with van der Waals surface area (Å²) in [5.41, 5.74) is 1.12. The Morgan fingerprint density at radius 3 is 3.00 bits per heavy atom. The lowest BCUT2D eigenvalue weighted by Crippen LogP contribution is -2.27. The van der Waals surface area contributed by atoms with Gasteiger partial charge in [-0.3, -0.25) is 4.79 Å². The molecule has 22 heavy (non-hydrogen) atoms. The molecule has 1 aromatic rings. The molecule has 0 radical (unpaired) electrons. The molecule has 1 aliphatic heterocycles. The molecule has 2 rings (SSSR count). The van der Waals surface area contributed by atoms with Gasteiger partial charge in [0.2, 0.25) is 5.91 Å². The Hall–Kier alpha value is -2.24. The van der Waals surface area contributed by atoms with Gasteiger partial charge in [0.15, 0.2) is 0 Å². The van der Waals surface area contributed by atoms with E-state index in [9.17, 15) is 9.59 Å². The number of hydrogen-bond donors (Lipinski definition) is 1. The third-order valence-corrected chi connectivity index (χ3v) is 3.62. The second kappa shape index (κ2) is 7.68. The van der Waals surface area contributed by atoms with Crippen LogP contribution in [-0.2, 0) is 16.0 Å². The zero-order valence-corrected chi connectivity index (χ0v) is 13.0. The Bertz CT molecular complexity index is 533. The zero-order valence-electron chi connectivity index (χ0n) is 13.0. The fourth-order valence-corrected chi connectivity index (χ4v) is 2.35. The number of nitrogens with zero attached hydrogens (tertiary/aromatic N) is 1. The van der Waals surface area contributed by atoms with Crippen molar-refractivity contribution in [3.05, 3.63) is 29.8 Å². The molecule has 0 spiro atoms. The molecule has 0 aromatic heterocycles. The highest BCUT2D eigenvalue weighted by Crippen LogP contribution is 2.14. The van der Waals surface area contributed by atoms with E-state index in [1.807, 2.05) is 24.3 Å². The Balaban J connectivity index is 1.64. The fraction of sp³-hybridized carbons (Fsp3) is 0.500. The molecule has 0 bridgehead atoms. The van der Waals surface area contributed by atoms with Crippen LogP contribution in [0.3, 0.4) is 0 Å². The van der Waals surface area contributed by atoms with Crippen LogP contribution in [0.15, 0.2) is 24.3 Å². The molecule has 1 N–H and O–H groups in total. The maximum atomic E-state index is 11.8. The van der Waals surface area contributed by atoms with Gasteiger partial charge in [0.05, 0.1) is 13.7 Å². The molecular weight excluding hydrogens is 284 g/mol. The van der Waals surface area contributed by atoms with E-state index in [0.717, 1.165) is 17.7 Å². The standard InChI is InChI=1S/C16H22N2O4/c1-18-11-14(22-16(18)20)6-7-15(19)17-9-8-12-4-3-5-13(10-12)21-2/h3-5,10,14H,6-9,11H2,1-2H3,(H,17,19). The molecule has 120 valence electrons. The Kier molecular flexibility index (Phi) is 5.63. The maximum absolute atomic E-state index is 11.8. The number of ether oxygens (including phenoxy) is 2. The first-order valence-electron chi connectivity index (χ1n) is 7.40. The molecule has 6 nitrogen and oxygen atoms in total. The van der Waals surface area contributed by atoms with Crippen molar-refractivity contribution in [3.8, 4) is 5.75 Å². The van der Waals surface area contributed by atoms with E-state index in [1.54, 1.807) is 14.2 Å². The largest absolute Gasteiger partial charge is 0.497 e. The molecule has 1 aliphatic rings. The first kappa shape index (κ1) is 16.1. The molecule has 1 unspecified atom stereocenters.